The second kappa shape index (κ2) is 9.14. The molecule has 23 heavy (non-hydrogen) atoms. The van der Waals surface area contributed by atoms with Gasteiger partial charge in [-0.3, -0.25) is 0 Å². The van der Waals surface area contributed by atoms with Gasteiger partial charge in [0, 0.05) is 16.0 Å². The number of rotatable bonds is 9. The average molecular weight is 340 g/mol. The predicted molar refractivity (Wildman–Crippen MR) is 85.5 cm³/mol. The summed E-state index contributed by atoms with van der Waals surface area (Å²) in [5, 5.41) is 0. The molecule has 0 fully saturated rings. The second-order valence-electron chi connectivity index (χ2n) is 4.69. The first-order chi connectivity index (χ1) is 10.9. The lowest BCUT2D eigenvalue weighted by atomic mass is 10.2. The van der Waals surface area contributed by atoms with Crippen LogP contribution >= 0.6 is 0 Å². The predicted octanol–water partition coefficient (Wildman–Crippen LogP) is 2.57. The number of azide groups is 1. The lowest BCUT2D eigenvalue weighted by Crippen LogP contribution is -2.25. The Balaban J connectivity index is 2.66. The molecule has 8 nitrogen and oxygen atoms in total. The Morgan fingerprint density at radius 2 is 2.04 bits per heavy atom. The van der Waals surface area contributed by atoms with Gasteiger partial charge in [-0.1, -0.05) is 19.9 Å². The van der Waals surface area contributed by atoms with Crippen molar-refractivity contribution in [3.05, 3.63) is 40.3 Å². The molecule has 0 bridgehead atoms. The Kier molecular flexibility index (Phi) is 7.53. The third-order valence-corrected chi connectivity index (χ3v) is 4.40. The first-order valence-electron chi connectivity index (χ1n) is 7.25. The number of ether oxygens (including phenoxy) is 1. The Labute approximate surface area is 135 Å². The van der Waals surface area contributed by atoms with Gasteiger partial charge in [0.05, 0.1) is 17.1 Å². The van der Waals surface area contributed by atoms with Gasteiger partial charge in [0.25, 0.3) is 10.0 Å². The highest BCUT2D eigenvalue weighted by Crippen LogP contribution is 2.15. The van der Waals surface area contributed by atoms with Crippen molar-refractivity contribution in [2.45, 2.75) is 25.2 Å². The number of carbonyl (C=O) groups excluding carboxylic acids is 1. The molecule has 0 atom stereocenters. The number of sulfonamides is 1. The van der Waals surface area contributed by atoms with Gasteiger partial charge in [0.1, 0.15) is 0 Å². The van der Waals surface area contributed by atoms with Gasteiger partial charge in [-0.2, -0.15) is 0 Å². The van der Waals surface area contributed by atoms with E-state index in [4.69, 9.17) is 10.3 Å². The van der Waals surface area contributed by atoms with Crippen LogP contribution in [0.15, 0.2) is 33.7 Å². The van der Waals surface area contributed by atoms with E-state index in [2.05, 4.69) is 28.2 Å². The second-order valence-corrected chi connectivity index (χ2v) is 6.28. The van der Waals surface area contributed by atoms with E-state index in [0.29, 0.717) is 6.42 Å². The summed E-state index contributed by atoms with van der Waals surface area (Å²) in [5.41, 5.74) is 8.35. The fourth-order valence-corrected chi connectivity index (χ4v) is 2.67. The highest BCUT2D eigenvalue weighted by molar-refractivity contribution is 7.90. The largest absolute Gasteiger partial charge is 0.462 e. The quantitative estimate of drug-likeness (QED) is 0.225. The molecule has 0 spiro atoms. The van der Waals surface area contributed by atoms with Gasteiger partial charge in [0.15, 0.2) is 0 Å². The molecule has 0 saturated heterocycles. The summed E-state index contributed by atoms with van der Waals surface area (Å²) in [4.78, 5) is 16.2. The summed E-state index contributed by atoms with van der Waals surface area (Å²) < 4.78 is 31.1. The number of benzene rings is 1. The number of hydrogen-bond donors (Lipinski definition) is 0. The highest BCUT2D eigenvalue weighted by atomic mass is 32.2. The van der Waals surface area contributed by atoms with E-state index in [1.165, 1.54) is 18.2 Å². The molecule has 0 amide bonds. The third kappa shape index (κ3) is 5.90. The molecule has 0 saturated carbocycles. The smallest absolute Gasteiger partial charge is 0.338 e. The highest BCUT2D eigenvalue weighted by Gasteiger charge is 2.15. The molecule has 0 aliphatic heterocycles. The fourth-order valence-electron chi connectivity index (χ4n) is 1.95. The standard InChI is InChI=1S/C14H20N4O4S/c1-3-18(4-2)9-6-10-22-14(19)12-7-5-8-13(11-12)23(20,21)17-16-15/h5,7-8,11H,3-4,6,9-10H2,1-2H3. The van der Waals surface area contributed by atoms with E-state index in [9.17, 15) is 13.2 Å². The molecule has 0 heterocycles. The van der Waals surface area contributed by atoms with E-state index in [-0.39, 0.29) is 17.1 Å². The minimum atomic E-state index is -4.12. The third-order valence-electron chi connectivity index (χ3n) is 3.26. The van der Waals surface area contributed by atoms with E-state index in [0.717, 1.165) is 25.7 Å². The number of hydrogen-bond acceptors (Lipinski definition) is 5. The zero-order chi connectivity index (χ0) is 17.3. The van der Waals surface area contributed by atoms with Crippen LogP contribution in [0.2, 0.25) is 0 Å². The van der Waals surface area contributed by atoms with E-state index < -0.39 is 16.0 Å². The molecule has 1 aromatic rings. The van der Waals surface area contributed by atoms with E-state index in [1.54, 1.807) is 0 Å². The van der Waals surface area contributed by atoms with Crippen molar-refractivity contribution in [1.82, 2.24) is 4.90 Å². The molecule has 9 heteroatoms. The van der Waals surface area contributed by atoms with Crippen LogP contribution in [0.25, 0.3) is 10.4 Å². The summed E-state index contributed by atoms with van der Waals surface area (Å²) >= 11 is 0. The summed E-state index contributed by atoms with van der Waals surface area (Å²) in [6.07, 6.45) is 0.699. The summed E-state index contributed by atoms with van der Waals surface area (Å²) in [6, 6.07) is 5.23. The maximum absolute atomic E-state index is 11.9. The monoisotopic (exact) mass is 340 g/mol. The van der Waals surface area contributed by atoms with Gasteiger partial charge in [-0.15, -0.1) is 0 Å². The molecule has 0 radical (unpaired) electrons. The first-order valence-corrected chi connectivity index (χ1v) is 8.69. The molecule has 1 aromatic carbocycles. The molecular weight excluding hydrogens is 320 g/mol. The van der Waals surface area contributed by atoms with Gasteiger partial charge >= 0.3 is 5.97 Å². The Morgan fingerprint density at radius 1 is 1.35 bits per heavy atom. The number of nitrogens with zero attached hydrogens (tertiary/aromatic N) is 4. The molecule has 0 aliphatic rings. The zero-order valence-corrected chi connectivity index (χ0v) is 14.0. The maximum atomic E-state index is 11.9. The van der Waals surface area contributed by atoms with Gasteiger partial charge in [0.2, 0.25) is 0 Å². The van der Waals surface area contributed by atoms with Crippen LogP contribution < -0.4 is 0 Å². The summed E-state index contributed by atoms with van der Waals surface area (Å²) in [7, 11) is -4.12. The van der Waals surface area contributed by atoms with Crippen molar-refractivity contribution in [3.63, 3.8) is 0 Å². The van der Waals surface area contributed by atoms with Crippen molar-refractivity contribution in [2.75, 3.05) is 26.2 Å². The Morgan fingerprint density at radius 3 is 2.65 bits per heavy atom. The van der Waals surface area contributed by atoms with Crippen LogP contribution in [0.5, 0.6) is 0 Å². The number of carbonyl (C=O) groups is 1. The topological polar surface area (TPSA) is 112 Å². The van der Waals surface area contributed by atoms with Crippen LogP contribution in [0, 0.1) is 0 Å². The van der Waals surface area contributed by atoms with E-state index >= 15 is 0 Å². The van der Waals surface area contributed by atoms with Crippen LogP contribution in [-0.2, 0) is 14.8 Å². The minimum absolute atomic E-state index is 0.0991. The van der Waals surface area contributed by atoms with Crippen molar-refractivity contribution in [2.24, 2.45) is 4.52 Å². The number of esters is 1. The summed E-state index contributed by atoms with van der Waals surface area (Å²) in [6.45, 7) is 7.07. The maximum Gasteiger partial charge on any atom is 0.338 e. The Hall–Kier alpha value is -2.09. The van der Waals surface area contributed by atoms with Crippen LogP contribution in [0.4, 0.5) is 0 Å². The van der Waals surface area contributed by atoms with Crippen molar-refractivity contribution < 1.29 is 17.9 Å². The van der Waals surface area contributed by atoms with Gasteiger partial charge in [-0.05, 0) is 43.2 Å². The molecular formula is C14H20N4O4S. The van der Waals surface area contributed by atoms with Gasteiger partial charge < -0.3 is 9.64 Å². The molecule has 1 rings (SSSR count). The normalized spacial score (nSPS) is 11.1. The lowest BCUT2D eigenvalue weighted by Gasteiger charge is -2.17. The molecule has 0 N–H and O–H groups in total. The van der Waals surface area contributed by atoms with Crippen molar-refractivity contribution >= 4 is 16.0 Å². The van der Waals surface area contributed by atoms with Gasteiger partial charge in [-0.25, -0.2) is 13.2 Å². The zero-order valence-electron chi connectivity index (χ0n) is 13.2. The Bertz CT molecular complexity index is 680. The fraction of sp³-hybridized carbons (Fsp3) is 0.500. The molecule has 0 unspecified atom stereocenters. The van der Waals surface area contributed by atoms with Crippen molar-refractivity contribution in [1.29, 1.82) is 0 Å². The molecule has 0 aliphatic carbocycles. The van der Waals surface area contributed by atoms with Crippen LogP contribution in [-0.4, -0.2) is 45.5 Å². The van der Waals surface area contributed by atoms with Crippen molar-refractivity contribution in [3.8, 4) is 0 Å². The minimum Gasteiger partial charge on any atom is -0.462 e. The van der Waals surface area contributed by atoms with Crippen LogP contribution in [0.1, 0.15) is 30.6 Å². The SMILES string of the molecule is CCN(CC)CCCOC(=O)c1cccc(S(=O)(=O)N=[N+]=[N-])c1. The van der Waals surface area contributed by atoms with E-state index in [1.807, 2.05) is 0 Å². The molecule has 126 valence electrons. The first kappa shape index (κ1) is 19.0. The average Bonchev–Trinajstić information content (AvgIpc) is 2.55. The van der Waals surface area contributed by atoms with Crippen LogP contribution in [0.3, 0.4) is 0 Å². The molecule has 0 aromatic heterocycles. The summed E-state index contributed by atoms with van der Waals surface area (Å²) in [5.74, 6) is -0.609. The lowest BCUT2D eigenvalue weighted by molar-refractivity contribution is 0.0489.